The molecule has 1 atom stereocenters. The van der Waals surface area contributed by atoms with Gasteiger partial charge in [0.1, 0.15) is 0 Å². The highest BCUT2D eigenvalue weighted by atomic mass is 16.5. The van der Waals surface area contributed by atoms with Gasteiger partial charge in [-0.15, -0.1) is 0 Å². The molecule has 1 unspecified atom stereocenters. The lowest BCUT2D eigenvalue weighted by Gasteiger charge is -2.31. The zero-order valence-electron chi connectivity index (χ0n) is 8.44. The first-order chi connectivity index (χ1) is 6.75. The first kappa shape index (κ1) is 9.45. The Labute approximate surface area is 83.3 Å². The SMILES string of the molecule is CN1CCCCC1Cc1nc(N)no1. The van der Waals surface area contributed by atoms with E-state index in [9.17, 15) is 0 Å². The average Bonchev–Trinajstić information content (AvgIpc) is 2.56. The van der Waals surface area contributed by atoms with Crippen LogP contribution in [0.1, 0.15) is 25.2 Å². The van der Waals surface area contributed by atoms with Gasteiger partial charge in [-0.05, 0) is 31.6 Å². The van der Waals surface area contributed by atoms with Gasteiger partial charge in [0.15, 0.2) is 0 Å². The van der Waals surface area contributed by atoms with E-state index in [0.717, 1.165) is 13.0 Å². The predicted molar refractivity (Wildman–Crippen MR) is 52.7 cm³/mol. The summed E-state index contributed by atoms with van der Waals surface area (Å²) in [5.41, 5.74) is 5.39. The lowest BCUT2D eigenvalue weighted by molar-refractivity contribution is 0.173. The van der Waals surface area contributed by atoms with Gasteiger partial charge in [0.05, 0.1) is 0 Å². The van der Waals surface area contributed by atoms with Crippen LogP contribution in [0.4, 0.5) is 5.95 Å². The fourth-order valence-electron chi connectivity index (χ4n) is 1.95. The third-order valence-electron chi connectivity index (χ3n) is 2.82. The fourth-order valence-corrected chi connectivity index (χ4v) is 1.95. The molecule has 5 heteroatoms. The number of nitrogen functional groups attached to an aromatic ring is 1. The van der Waals surface area contributed by atoms with E-state index in [1.807, 2.05) is 0 Å². The molecule has 2 rings (SSSR count). The third-order valence-corrected chi connectivity index (χ3v) is 2.82. The van der Waals surface area contributed by atoms with Crippen LogP contribution < -0.4 is 5.73 Å². The zero-order valence-corrected chi connectivity index (χ0v) is 8.44. The van der Waals surface area contributed by atoms with Gasteiger partial charge < -0.3 is 15.2 Å². The number of hydrogen-bond donors (Lipinski definition) is 1. The van der Waals surface area contributed by atoms with Crippen LogP contribution in [0.25, 0.3) is 0 Å². The molecule has 2 heterocycles. The maximum atomic E-state index is 5.39. The Morgan fingerprint density at radius 1 is 1.57 bits per heavy atom. The molecule has 1 fully saturated rings. The summed E-state index contributed by atoms with van der Waals surface area (Å²) < 4.78 is 5.00. The van der Waals surface area contributed by atoms with E-state index in [1.165, 1.54) is 19.3 Å². The van der Waals surface area contributed by atoms with Gasteiger partial charge in [0.2, 0.25) is 5.89 Å². The van der Waals surface area contributed by atoms with Gasteiger partial charge in [-0.1, -0.05) is 6.42 Å². The summed E-state index contributed by atoms with van der Waals surface area (Å²) >= 11 is 0. The Morgan fingerprint density at radius 3 is 3.07 bits per heavy atom. The minimum Gasteiger partial charge on any atom is -0.365 e. The van der Waals surface area contributed by atoms with Crippen molar-refractivity contribution in [3.05, 3.63) is 5.89 Å². The van der Waals surface area contributed by atoms with Crippen molar-refractivity contribution >= 4 is 5.95 Å². The molecule has 0 bridgehead atoms. The van der Waals surface area contributed by atoms with Crippen molar-refractivity contribution in [2.75, 3.05) is 19.3 Å². The standard InChI is InChI=1S/C9H16N4O/c1-13-5-3-2-4-7(13)6-8-11-9(10)12-14-8/h7H,2-6H2,1H3,(H2,10,12). The van der Waals surface area contributed by atoms with Crippen molar-refractivity contribution in [3.8, 4) is 0 Å². The van der Waals surface area contributed by atoms with Crippen molar-refractivity contribution in [1.29, 1.82) is 0 Å². The molecule has 0 spiro atoms. The summed E-state index contributed by atoms with van der Waals surface area (Å²) in [6.07, 6.45) is 4.61. The molecule has 1 aliphatic heterocycles. The molecule has 0 aliphatic carbocycles. The van der Waals surface area contributed by atoms with Crippen LogP contribution in [-0.4, -0.2) is 34.7 Å². The zero-order chi connectivity index (χ0) is 9.97. The fraction of sp³-hybridized carbons (Fsp3) is 0.778. The third kappa shape index (κ3) is 2.04. The summed E-state index contributed by atoms with van der Waals surface area (Å²) in [6.45, 7) is 1.16. The van der Waals surface area contributed by atoms with E-state index in [4.69, 9.17) is 10.3 Å². The molecule has 0 aromatic carbocycles. The number of rotatable bonds is 2. The molecule has 0 radical (unpaired) electrons. The highest BCUT2D eigenvalue weighted by molar-refractivity contribution is 5.10. The minimum absolute atomic E-state index is 0.235. The molecular weight excluding hydrogens is 180 g/mol. The highest BCUT2D eigenvalue weighted by Crippen LogP contribution is 2.18. The second kappa shape index (κ2) is 3.96. The Kier molecular flexibility index (Phi) is 2.67. The molecule has 1 aromatic rings. The van der Waals surface area contributed by atoms with Crippen LogP contribution in [0, 0.1) is 0 Å². The maximum absolute atomic E-state index is 5.39. The molecule has 1 saturated heterocycles. The van der Waals surface area contributed by atoms with Crippen LogP contribution in [0.3, 0.4) is 0 Å². The number of hydrogen-bond acceptors (Lipinski definition) is 5. The van der Waals surface area contributed by atoms with E-state index in [-0.39, 0.29) is 5.95 Å². The van der Waals surface area contributed by atoms with Gasteiger partial charge in [-0.2, -0.15) is 4.98 Å². The first-order valence-electron chi connectivity index (χ1n) is 5.04. The quantitative estimate of drug-likeness (QED) is 0.753. The normalized spacial score (nSPS) is 23.9. The van der Waals surface area contributed by atoms with E-state index in [0.29, 0.717) is 11.9 Å². The number of anilines is 1. The second-order valence-corrected chi connectivity index (χ2v) is 3.88. The van der Waals surface area contributed by atoms with Crippen LogP contribution in [0.5, 0.6) is 0 Å². The largest absolute Gasteiger partial charge is 0.365 e. The number of likely N-dealkylation sites (N-methyl/N-ethyl adjacent to an activating group) is 1. The monoisotopic (exact) mass is 196 g/mol. The average molecular weight is 196 g/mol. The summed E-state index contributed by atoms with van der Waals surface area (Å²) in [7, 11) is 2.14. The molecule has 2 N–H and O–H groups in total. The number of piperidine rings is 1. The lowest BCUT2D eigenvalue weighted by Crippen LogP contribution is -2.37. The molecule has 0 saturated carbocycles. The lowest BCUT2D eigenvalue weighted by atomic mass is 10.0. The Bertz CT molecular complexity index is 299. The van der Waals surface area contributed by atoms with E-state index in [2.05, 4.69) is 22.1 Å². The van der Waals surface area contributed by atoms with E-state index >= 15 is 0 Å². The Morgan fingerprint density at radius 2 is 2.43 bits per heavy atom. The van der Waals surface area contributed by atoms with Crippen LogP contribution in [-0.2, 0) is 6.42 Å². The van der Waals surface area contributed by atoms with Gasteiger partial charge in [-0.25, -0.2) is 0 Å². The summed E-state index contributed by atoms with van der Waals surface area (Å²) in [4.78, 5) is 6.36. The van der Waals surface area contributed by atoms with E-state index < -0.39 is 0 Å². The number of nitrogens with zero attached hydrogens (tertiary/aromatic N) is 3. The molecule has 5 nitrogen and oxygen atoms in total. The number of likely N-dealkylation sites (tertiary alicyclic amines) is 1. The van der Waals surface area contributed by atoms with Gasteiger partial charge >= 0.3 is 0 Å². The molecule has 1 aromatic heterocycles. The highest BCUT2D eigenvalue weighted by Gasteiger charge is 2.21. The molecule has 14 heavy (non-hydrogen) atoms. The topological polar surface area (TPSA) is 68.2 Å². The summed E-state index contributed by atoms with van der Waals surface area (Å²) in [5.74, 6) is 0.889. The molecule has 1 aliphatic rings. The van der Waals surface area contributed by atoms with Gasteiger partial charge in [0.25, 0.3) is 5.95 Å². The number of nitrogens with two attached hydrogens (primary N) is 1. The molecular formula is C9H16N4O. The Balaban J connectivity index is 1.95. The Hall–Kier alpha value is -1.10. The van der Waals surface area contributed by atoms with Gasteiger partial charge in [0, 0.05) is 12.5 Å². The van der Waals surface area contributed by atoms with Crippen molar-refractivity contribution in [1.82, 2.24) is 15.0 Å². The van der Waals surface area contributed by atoms with Gasteiger partial charge in [-0.3, -0.25) is 0 Å². The van der Waals surface area contributed by atoms with Crippen molar-refractivity contribution in [3.63, 3.8) is 0 Å². The van der Waals surface area contributed by atoms with Crippen LogP contribution in [0.15, 0.2) is 4.52 Å². The summed E-state index contributed by atoms with van der Waals surface area (Å²) in [5, 5.41) is 3.58. The van der Waals surface area contributed by atoms with Crippen molar-refractivity contribution < 1.29 is 4.52 Å². The smallest absolute Gasteiger partial charge is 0.260 e. The second-order valence-electron chi connectivity index (χ2n) is 3.88. The molecule has 78 valence electrons. The first-order valence-corrected chi connectivity index (χ1v) is 5.04. The van der Waals surface area contributed by atoms with Crippen molar-refractivity contribution in [2.24, 2.45) is 0 Å². The molecule has 0 amide bonds. The predicted octanol–water partition coefficient (Wildman–Crippen LogP) is 0.679. The van der Waals surface area contributed by atoms with E-state index in [1.54, 1.807) is 0 Å². The van der Waals surface area contributed by atoms with Crippen LogP contribution in [0.2, 0.25) is 0 Å². The number of aromatic nitrogens is 2. The summed E-state index contributed by atoms with van der Waals surface area (Å²) in [6, 6.07) is 0.531. The maximum Gasteiger partial charge on any atom is 0.260 e. The minimum atomic E-state index is 0.235. The van der Waals surface area contributed by atoms with Crippen molar-refractivity contribution in [2.45, 2.75) is 31.7 Å². The van der Waals surface area contributed by atoms with Crippen LogP contribution >= 0.6 is 0 Å².